The van der Waals surface area contributed by atoms with Gasteiger partial charge in [-0.2, -0.15) is 0 Å². The summed E-state index contributed by atoms with van der Waals surface area (Å²) in [4.78, 5) is 14.9. The number of amides is 2. The second kappa shape index (κ2) is 7.34. The molecule has 4 nitrogen and oxygen atoms in total. The van der Waals surface area contributed by atoms with Crippen LogP contribution < -0.4 is 10.1 Å². The molecule has 26 heavy (non-hydrogen) atoms. The summed E-state index contributed by atoms with van der Waals surface area (Å²) < 4.78 is 5.25. The van der Waals surface area contributed by atoms with Gasteiger partial charge in [-0.15, -0.1) is 0 Å². The highest BCUT2D eigenvalue weighted by Gasteiger charge is 2.51. The van der Waals surface area contributed by atoms with Crippen molar-refractivity contribution in [3.8, 4) is 5.75 Å². The van der Waals surface area contributed by atoms with E-state index in [1.807, 2.05) is 29.2 Å². The number of hydrogen-bond acceptors (Lipinski definition) is 2. The molecule has 4 rings (SSSR count). The van der Waals surface area contributed by atoms with Gasteiger partial charge in [-0.3, -0.25) is 0 Å². The number of rotatable bonds is 6. The van der Waals surface area contributed by atoms with Gasteiger partial charge < -0.3 is 15.0 Å². The van der Waals surface area contributed by atoms with Crippen LogP contribution >= 0.6 is 0 Å². The van der Waals surface area contributed by atoms with Crippen LogP contribution in [0.3, 0.4) is 0 Å². The van der Waals surface area contributed by atoms with Crippen molar-refractivity contribution in [1.29, 1.82) is 0 Å². The minimum atomic E-state index is -0.0351. The Bertz CT molecular complexity index is 693. The van der Waals surface area contributed by atoms with E-state index in [1.165, 1.54) is 12.0 Å². The van der Waals surface area contributed by atoms with E-state index in [0.29, 0.717) is 17.3 Å². The lowest BCUT2D eigenvalue weighted by molar-refractivity contribution is -0.00968. The molecule has 1 fully saturated rings. The number of urea groups is 1. The predicted molar refractivity (Wildman–Crippen MR) is 107 cm³/mol. The van der Waals surface area contributed by atoms with Gasteiger partial charge in [0.1, 0.15) is 5.75 Å². The third-order valence-corrected chi connectivity index (χ3v) is 6.15. The fourth-order valence-electron chi connectivity index (χ4n) is 4.44. The summed E-state index contributed by atoms with van der Waals surface area (Å²) >= 11 is 0. The van der Waals surface area contributed by atoms with Crippen LogP contribution in [0, 0.1) is 23.2 Å². The Morgan fingerprint density at radius 1 is 1.38 bits per heavy atom. The lowest BCUT2D eigenvalue weighted by Crippen LogP contribution is -2.50. The molecule has 142 valence electrons. The zero-order chi connectivity index (χ0) is 18.9. The van der Waals surface area contributed by atoms with Crippen molar-refractivity contribution in [1.82, 2.24) is 4.90 Å². The molecule has 1 N–H and O–H groups in total. The van der Waals surface area contributed by atoms with Gasteiger partial charge in [-0.25, -0.2) is 4.79 Å². The van der Waals surface area contributed by atoms with Gasteiger partial charge in [0.05, 0.1) is 7.11 Å². The van der Waals surface area contributed by atoms with E-state index in [0.717, 1.165) is 36.9 Å². The summed E-state index contributed by atoms with van der Waals surface area (Å²) in [6.07, 6.45) is 4.83. The Balaban J connectivity index is 1.71. The van der Waals surface area contributed by atoms with E-state index >= 15 is 0 Å². The maximum Gasteiger partial charge on any atom is 0.322 e. The van der Waals surface area contributed by atoms with Crippen molar-refractivity contribution in [2.75, 3.05) is 25.5 Å². The van der Waals surface area contributed by atoms with Crippen LogP contribution in [-0.4, -0.2) is 31.1 Å². The highest BCUT2D eigenvalue weighted by Crippen LogP contribution is 2.59. The number of anilines is 1. The molecule has 2 atom stereocenters. The van der Waals surface area contributed by atoms with E-state index in [1.54, 1.807) is 7.11 Å². The molecule has 2 bridgehead atoms. The van der Waals surface area contributed by atoms with Gasteiger partial charge in [0.25, 0.3) is 0 Å². The molecule has 0 heterocycles. The van der Waals surface area contributed by atoms with Crippen LogP contribution in [-0.2, 0) is 0 Å². The Hall–Kier alpha value is -1.97. The monoisotopic (exact) mass is 356 g/mol. The summed E-state index contributed by atoms with van der Waals surface area (Å²) in [5, 5.41) is 3.04. The van der Waals surface area contributed by atoms with Crippen LogP contribution in [0.15, 0.2) is 35.9 Å². The van der Waals surface area contributed by atoms with Crippen LogP contribution in [0.1, 0.15) is 40.5 Å². The van der Waals surface area contributed by atoms with Gasteiger partial charge in [-0.05, 0) is 48.1 Å². The standard InChI is InChI=1S/C22H32N2O2/c1-15(2)13-24(14-16-9-10-17-11-20(16)22(17,3)4)21(25)23-18-7-6-8-19(12-18)26-5/h6-9,12,15,17,20H,10-11,13-14H2,1-5H3,(H,23,25). The average Bonchev–Trinajstić information content (AvgIpc) is 2.60. The van der Waals surface area contributed by atoms with Crippen LogP contribution in [0.5, 0.6) is 5.75 Å². The fourth-order valence-corrected chi connectivity index (χ4v) is 4.44. The second-order valence-corrected chi connectivity index (χ2v) is 8.76. The summed E-state index contributed by atoms with van der Waals surface area (Å²) in [7, 11) is 1.63. The number of carbonyl (C=O) groups is 1. The molecule has 4 heteroatoms. The molecular formula is C22H32N2O2. The quantitative estimate of drug-likeness (QED) is 0.714. The van der Waals surface area contributed by atoms with Gasteiger partial charge in [0.2, 0.25) is 0 Å². The van der Waals surface area contributed by atoms with Crippen LogP contribution in [0.2, 0.25) is 0 Å². The highest BCUT2D eigenvalue weighted by atomic mass is 16.5. The summed E-state index contributed by atoms with van der Waals surface area (Å²) in [6, 6.07) is 7.48. The van der Waals surface area contributed by atoms with Gasteiger partial charge in [0, 0.05) is 24.8 Å². The zero-order valence-electron chi connectivity index (χ0n) is 16.7. The average molecular weight is 357 g/mol. The van der Waals surface area contributed by atoms with Gasteiger partial charge >= 0.3 is 6.03 Å². The smallest absolute Gasteiger partial charge is 0.322 e. The Kier molecular flexibility index (Phi) is 5.31. The molecule has 2 unspecified atom stereocenters. The lowest BCUT2D eigenvalue weighted by atomic mass is 9.49. The Morgan fingerprint density at radius 2 is 2.15 bits per heavy atom. The normalized spacial score (nSPS) is 23.1. The lowest BCUT2D eigenvalue weighted by Gasteiger charge is -2.57. The molecule has 0 radical (unpaired) electrons. The Morgan fingerprint density at radius 3 is 2.77 bits per heavy atom. The van der Waals surface area contributed by atoms with E-state index in [2.05, 4.69) is 39.1 Å². The first kappa shape index (κ1) is 18.8. The molecule has 1 saturated carbocycles. The van der Waals surface area contributed by atoms with Crippen molar-refractivity contribution in [3.63, 3.8) is 0 Å². The molecule has 0 saturated heterocycles. The van der Waals surface area contributed by atoms with Crippen molar-refractivity contribution in [2.45, 2.75) is 40.5 Å². The molecular weight excluding hydrogens is 324 g/mol. The number of allylic oxidation sites excluding steroid dienone is 1. The summed E-state index contributed by atoms with van der Waals surface area (Å²) in [6.45, 7) is 10.6. The topological polar surface area (TPSA) is 41.6 Å². The van der Waals surface area contributed by atoms with E-state index in [9.17, 15) is 4.79 Å². The largest absolute Gasteiger partial charge is 0.497 e. The van der Waals surface area contributed by atoms with Crippen molar-refractivity contribution in [3.05, 3.63) is 35.9 Å². The second-order valence-electron chi connectivity index (χ2n) is 8.76. The molecule has 1 aromatic rings. The number of nitrogens with one attached hydrogen (secondary N) is 1. The molecule has 0 aliphatic heterocycles. The van der Waals surface area contributed by atoms with E-state index in [4.69, 9.17) is 4.74 Å². The minimum absolute atomic E-state index is 0.0351. The van der Waals surface area contributed by atoms with Crippen molar-refractivity contribution < 1.29 is 9.53 Å². The first-order valence-electron chi connectivity index (χ1n) is 9.70. The SMILES string of the molecule is COc1cccc(NC(=O)N(CC2=CCC3CC2C3(C)C)CC(C)C)c1. The minimum Gasteiger partial charge on any atom is -0.497 e. The van der Waals surface area contributed by atoms with Gasteiger partial charge in [-0.1, -0.05) is 45.4 Å². The fraction of sp³-hybridized carbons (Fsp3) is 0.591. The maximum atomic E-state index is 12.9. The highest BCUT2D eigenvalue weighted by molar-refractivity contribution is 5.89. The number of fused-ring (bicyclic) bond motifs is 1. The van der Waals surface area contributed by atoms with Crippen LogP contribution in [0.4, 0.5) is 10.5 Å². The predicted octanol–water partition coefficient (Wildman–Crippen LogP) is 5.18. The first-order valence-corrected chi connectivity index (χ1v) is 9.70. The molecule has 0 spiro atoms. The third-order valence-electron chi connectivity index (χ3n) is 6.15. The number of carbonyl (C=O) groups excluding carboxylic acids is 1. The number of nitrogens with zero attached hydrogens (tertiary/aromatic N) is 1. The first-order chi connectivity index (χ1) is 12.3. The van der Waals surface area contributed by atoms with Gasteiger partial charge in [0.15, 0.2) is 0 Å². The number of methoxy groups -OCH3 is 1. The summed E-state index contributed by atoms with van der Waals surface area (Å²) in [5.74, 6) is 2.62. The Labute approximate surface area is 157 Å². The molecule has 3 aliphatic rings. The maximum absolute atomic E-state index is 12.9. The third kappa shape index (κ3) is 3.74. The molecule has 2 amide bonds. The number of ether oxygens (including phenoxy) is 1. The summed E-state index contributed by atoms with van der Waals surface area (Å²) in [5.41, 5.74) is 2.60. The number of hydrogen-bond donors (Lipinski definition) is 1. The number of benzene rings is 1. The van der Waals surface area contributed by atoms with Crippen molar-refractivity contribution in [2.24, 2.45) is 23.2 Å². The van der Waals surface area contributed by atoms with E-state index < -0.39 is 0 Å². The molecule has 0 aromatic heterocycles. The zero-order valence-corrected chi connectivity index (χ0v) is 16.7. The van der Waals surface area contributed by atoms with E-state index in [-0.39, 0.29) is 6.03 Å². The van der Waals surface area contributed by atoms with Crippen LogP contribution in [0.25, 0.3) is 0 Å². The van der Waals surface area contributed by atoms with Crippen molar-refractivity contribution >= 4 is 11.7 Å². The molecule has 3 aliphatic carbocycles. The molecule has 1 aromatic carbocycles.